The summed E-state index contributed by atoms with van der Waals surface area (Å²) in [6, 6.07) is 0. The highest BCUT2D eigenvalue weighted by atomic mass is 16.6. The van der Waals surface area contributed by atoms with Crippen LogP contribution in [0.25, 0.3) is 0 Å². The number of hydrogen-bond acceptors (Lipinski definition) is 5. The number of allylic oxidation sites excluding steroid dienone is 1. The Hall–Kier alpha value is -1.36. The Morgan fingerprint density at radius 1 is 1.11 bits per heavy atom. The first-order chi connectivity index (χ1) is 13.3. The second kappa shape index (κ2) is 7.16. The molecule has 7 atom stereocenters. The number of rotatable bonds is 3. The molecule has 0 radical (unpaired) electrons. The molecule has 0 aromatic carbocycles. The standard InChI is InChI=1S/C23H36N2O3/c1-14(24-27-4)17-6-7-18-16-13-21(26)20-12-15(25-28-5)8-10-23(20,3)19(16)9-11-22(17,18)2/h12,16-19,21,26H,6-11,13H2,1-5H3/b24-14-,25-15+. The number of hydrogen-bond donors (Lipinski definition) is 1. The summed E-state index contributed by atoms with van der Waals surface area (Å²) in [6.45, 7) is 7.00. The maximum atomic E-state index is 11.1. The van der Waals surface area contributed by atoms with Crippen molar-refractivity contribution in [2.45, 2.75) is 71.8 Å². The molecule has 1 N–H and O–H groups in total. The molecule has 7 unspecified atom stereocenters. The van der Waals surface area contributed by atoms with Crippen LogP contribution in [0.4, 0.5) is 0 Å². The van der Waals surface area contributed by atoms with Crippen molar-refractivity contribution in [2.24, 2.45) is 44.8 Å². The van der Waals surface area contributed by atoms with E-state index in [1.54, 1.807) is 14.2 Å². The maximum Gasteiger partial charge on any atom is 0.106 e. The third-order valence-corrected chi connectivity index (χ3v) is 8.94. The summed E-state index contributed by atoms with van der Waals surface area (Å²) in [4.78, 5) is 10.1. The monoisotopic (exact) mass is 388 g/mol. The lowest BCUT2D eigenvalue weighted by atomic mass is 9.46. The number of fused-ring (bicyclic) bond motifs is 5. The van der Waals surface area contributed by atoms with Crippen LogP contribution in [0.3, 0.4) is 0 Å². The lowest BCUT2D eigenvalue weighted by molar-refractivity contribution is -0.0705. The van der Waals surface area contributed by atoms with Gasteiger partial charge in [-0.1, -0.05) is 24.2 Å². The highest BCUT2D eigenvalue weighted by molar-refractivity contribution is 5.96. The molecule has 0 bridgehead atoms. The summed E-state index contributed by atoms with van der Waals surface area (Å²) in [5.41, 5.74) is 3.69. The number of nitrogens with zero attached hydrogens (tertiary/aromatic N) is 2. The molecule has 4 aliphatic carbocycles. The minimum atomic E-state index is -0.358. The zero-order valence-electron chi connectivity index (χ0n) is 18.1. The molecule has 3 saturated carbocycles. The van der Waals surface area contributed by atoms with Gasteiger partial charge in [0, 0.05) is 5.92 Å². The van der Waals surface area contributed by atoms with Crippen molar-refractivity contribution in [1.29, 1.82) is 0 Å². The summed E-state index contributed by atoms with van der Waals surface area (Å²) in [7, 11) is 3.24. The summed E-state index contributed by atoms with van der Waals surface area (Å²) < 4.78 is 0. The minimum Gasteiger partial charge on any atom is -0.399 e. The number of oxime groups is 2. The van der Waals surface area contributed by atoms with E-state index in [1.165, 1.54) is 31.3 Å². The van der Waals surface area contributed by atoms with Gasteiger partial charge < -0.3 is 14.8 Å². The van der Waals surface area contributed by atoms with E-state index in [9.17, 15) is 5.11 Å². The second-order valence-electron chi connectivity index (χ2n) is 10.0. The Morgan fingerprint density at radius 3 is 2.61 bits per heavy atom. The molecule has 0 aromatic rings. The van der Waals surface area contributed by atoms with E-state index in [0.29, 0.717) is 23.7 Å². The van der Waals surface area contributed by atoms with Crippen LogP contribution in [0.2, 0.25) is 0 Å². The topological polar surface area (TPSA) is 63.4 Å². The van der Waals surface area contributed by atoms with Crippen molar-refractivity contribution in [3.05, 3.63) is 11.6 Å². The third kappa shape index (κ3) is 2.84. The fourth-order valence-electron chi connectivity index (χ4n) is 7.70. The Labute approximate surface area is 169 Å². The minimum absolute atomic E-state index is 0.0875. The van der Waals surface area contributed by atoms with Crippen molar-refractivity contribution in [3.63, 3.8) is 0 Å². The molecule has 0 aliphatic heterocycles. The first-order valence-corrected chi connectivity index (χ1v) is 10.9. The molecule has 4 rings (SSSR count). The van der Waals surface area contributed by atoms with E-state index in [0.717, 1.165) is 30.7 Å². The Bertz CT molecular complexity index is 715. The number of aliphatic hydroxyl groups is 1. The van der Waals surface area contributed by atoms with Crippen molar-refractivity contribution < 1.29 is 14.8 Å². The van der Waals surface area contributed by atoms with E-state index in [2.05, 4.69) is 37.2 Å². The van der Waals surface area contributed by atoms with Gasteiger partial charge in [0.15, 0.2) is 0 Å². The van der Waals surface area contributed by atoms with Crippen molar-refractivity contribution in [3.8, 4) is 0 Å². The molecule has 156 valence electrons. The molecule has 0 heterocycles. The van der Waals surface area contributed by atoms with E-state index in [4.69, 9.17) is 9.68 Å². The van der Waals surface area contributed by atoms with Crippen LogP contribution in [-0.4, -0.2) is 36.9 Å². The quantitative estimate of drug-likeness (QED) is 0.569. The van der Waals surface area contributed by atoms with Gasteiger partial charge in [0.25, 0.3) is 0 Å². The Morgan fingerprint density at radius 2 is 1.89 bits per heavy atom. The predicted octanol–water partition coefficient (Wildman–Crippen LogP) is 4.56. The highest BCUT2D eigenvalue weighted by Gasteiger charge is 2.60. The first-order valence-electron chi connectivity index (χ1n) is 10.9. The van der Waals surface area contributed by atoms with Gasteiger partial charge in [-0.2, -0.15) is 0 Å². The van der Waals surface area contributed by atoms with Gasteiger partial charge in [-0.3, -0.25) is 0 Å². The van der Waals surface area contributed by atoms with Gasteiger partial charge in [-0.25, -0.2) is 0 Å². The van der Waals surface area contributed by atoms with Crippen LogP contribution in [0.5, 0.6) is 0 Å². The van der Waals surface area contributed by atoms with Gasteiger partial charge in [-0.15, -0.1) is 0 Å². The molecule has 5 nitrogen and oxygen atoms in total. The van der Waals surface area contributed by atoms with E-state index >= 15 is 0 Å². The lowest BCUT2D eigenvalue weighted by Gasteiger charge is -2.59. The van der Waals surface area contributed by atoms with Gasteiger partial charge in [0.1, 0.15) is 14.2 Å². The van der Waals surface area contributed by atoms with E-state index in [1.807, 2.05) is 0 Å². The normalized spacial score (nSPS) is 47.1. The van der Waals surface area contributed by atoms with Crippen LogP contribution in [0.1, 0.15) is 65.7 Å². The molecule has 4 aliphatic rings. The molecule has 0 spiro atoms. The van der Waals surface area contributed by atoms with Crippen LogP contribution in [-0.2, 0) is 9.68 Å². The van der Waals surface area contributed by atoms with Gasteiger partial charge in [0.05, 0.1) is 17.5 Å². The fourth-order valence-corrected chi connectivity index (χ4v) is 7.70. The van der Waals surface area contributed by atoms with Crippen LogP contribution in [0, 0.1) is 34.5 Å². The smallest absolute Gasteiger partial charge is 0.106 e. The summed E-state index contributed by atoms with van der Waals surface area (Å²) in [6.07, 6.45) is 9.60. The molecule has 0 amide bonds. The third-order valence-electron chi connectivity index (χ3n) is 8.94. The second-order valence-corrected chi connectivity index (χ2v) is 10.0. The predicted molar refractivity (Wildman–Crippen MR) is 111 cm³/mol. The van der Waals surface area contributed by atoms with Gasteiger partial charge >= 0.3 is 0 Å². The average Bonchev–Trinajstić information content (AvgIpc) is 3.01. The fraction of sp³-hybridized carbons (Fsp3) is 0.826. The van der Waals surface area contributed by atoms with Crippen LogP contribution in [0.15, 0.2) is 22.0 Å². The van der Waals surface area contributed by atoms with E-state index in [-0.39, 0.29) is 16.9 Å². The summed E-state index contributed by atoms with van der Waals surface area (Å²) >= 11 is 0. The average molecular weight is 389 g/mol. The molecular formula is C23H36N2O3. The molecule has 0 saturated heterocycles. The number of aliphatic hydroxyl groups excluding tert-OH is 1. The molecule has 0 aromatic heterocycles. The summed E-state index contributed by atoms with van der Waals surface area (Å²) in [5.74, 6) is 2.42. The largest absolute Gasteiger partial charge is 0.399 e. The zero-order valence-corrected chi connectivity index (χ0v) is 18.1. The maximum absolute atomic E-state index is 11.1. The highest BCUT2D eigenvalue weighted by Crippen LogP contribution is 2.66. The first kappa shape index (κ1) is 19.9. The Balaban J connectivity index is 1.65. The molecule has 28 heavy (non-hydrogen) atoms. The molecule has 5 heteroatoms. The van der Waals surface area contributed by atoms with Crippen LogP contribution >= 0.6 is 0 Å². The molecule has 3 fully saturated rings. The van der Waals surface area contributed by atoms with Gasteiger partial charge in [0.2, 0.25) is 0 Å². The van der Waals surface area contributed by atoms with Gasteiger partial charge in [-0.05, 0) is 92.1 Å². The zero-order chi connectivity index (χ0) is 20.1. The van der Waals surface area contributed by atoms with E-state index < -0.39 is 0 Å². The van der Waals surface area contributed by atoms with Crippen molar-refractivity contribution in [1.82, 2.24) is 0 Å². The SMILES string of the molecule is CO/N=C(/C)C1CCC2C3CC(O)C4=C/C(=N/OC)CCC4(C)C3CCC12C. The summed E-state index contributed by atoms with van der Waals surface area (Å²) in [5, 5.41) is 19.6. The van der Waals surface area contributed by atoms with Crippen LogP contribution < -0.4 is 0 Å². The molecular weight excluding hydrogens is 352 g/mol. The lowest BCUT2D eigenvalue weighted by Crippen LogP contribution is -2.54. The Kier molecular flexibility index (Phi) is 5.09. The van der Waals surface area contributed by atoms with Crippen molar-refractivity contribution >= 4 is 11.4 Å². The van der Waals surface area contributed by atoms with Crippen molar-refractivity contribution in [2.75, 3.05) is 14.2 Å².